The van der Waals surface area contributed by atoms with Gasteiger partial charge < -0.3 is 14.8 Å². The van der Waals surface area contributed by atoms with Gasteiger partial charge in [0.25, 0.3) is 15.9 Å². The fraction of sp³-hybridized carbons (Fsp3) is 0.167. The largest absolute Gasteiger partial charge is 0.497 e. The molecule has 3 aromatic rings. The van der Waals surface area contributed by atoms with Crippen molar-refractivity contribution in [1.82, 2.24) is 0 Å². The predicted molar refractivity (Wildman–Crippen MR) is 125 cm³/mol. The first-order valence-corrected chi connectivity index (χ1v) is 11.3. The lowest BCUT2D eigenvalue weighted by atomic mass is 10.1. The first-order chi connectivity index (χ1) is 15.7. The lowest BCUT2D eigenvalue weighted by Gasteiger charge is -2.20. The van der Waals surface area contributed by atoms with Crippen LogP contribution in [0.3, 0.4) is 0 Å². The van der Waals surface area contributed by atoms with Crippen molar-refractivity contribution in [2.45, 2.75) is 11.8 Å². The summed E-state index contributed by atoms with van der Waals surface area (Å²) < 4.78 is 36.7. The number of nitrogens with one attached hydrogen (secondary N) is 1. The number of methoxy groups -OCH3 is 2. The second-order valence-electron chi connectivity index (χ2n) is 7.17. The van der Waals surface area contributed by atoms with Crippen LogP contribution < -0.4 is 14.4 Å². The number of benzene rings is 3. The number of sulfonamides is 1. The Morgan fingerprint density at radius 2 is 1.48 bits per heavy atom. The molecule has 1 N–H and O–H groups in total. The fourth-order valence-corrected chi connectivity index (χ4v) is 4.26. The molecule has 0 spiro atoms. The van der Waals surface area contributed by atoms with Crippen LogP contribution in [-0.4, -0.2) is 41.6 Å². The lowest BCUT2D eigenvalue weighted by molar-refractivity contribution is 0.0600. The number of amides is 1. The second kappa shape index (κ2) is 9.74. The van der Waals surface area contributed by atoms with Crippen LogP contribution in [-0.2, 0) is 14.8 Å². The first kappa shape index (κ1) is 23.8. The van der Waals surface area contributed by atoms with Crippen molar-refractivity contribution in [3.63, 3.8) is 0 Å². The van der Waals surface area contributed by atoms with Gasteiger partial charge in [-0.2, -0.15) is 0 Å². The summed E-state index contributed by atoms with van der Waals surface area (Å²) in [6.45, 7) is 1.80. The predicted octanol–water partition coefficient (Wildman–Crippen LogP) is 3.87. The van der Waals surface area contributed by atoms with E-state index in [1.807, 2.05) is 0 Å². The van der Waals surface area contributed by atoms with Crippen LogP contribution >= 0.6 is 0 Å². The van der Waals surface area contributed by atoms with E-state index in [9.17, 15) is 18.0 Å². The molecule has 0 fully saturated rings. The zero-order valence-electron chi connectivity index (χ0n) is 18.7. The molecule has 9 heteroatoms. The summed E-state index contributed by atoms with van der Waals surface area (Å²) >= 11 is 0. The molecule has 0 saturated heterocycles. The van der Waals surface area contributed by atoms with E-state index in [1.54, 1.807) is 49.4 Å². The molecule has 0 aliphatic heterocycles. The minimum Gasteiger partial charge on any atom is -0.497 e. The zero-order chi connectivity index (χ0) is 24.2. The summed E-state index contributed by atoms with van der Waals surface area (Å²) in [7, 11) is 0.445. The van der Waals surface area contributed by atoms with Crippen LogP contribution in [0, 0.1) is 6.92 Å². The van der Waals surface area contributed by atoms with Crippen LogP contribution in [0.1, 0.15) is 26.3 Å². The zero-order valence-corrected chi connectivity index (χ0v) is 19.5. The monoisotopic (exact) mass is 468 g/mol. The number of nitrogens with zero attached hydrogens (tertiary/aromatic N) is 1. The highest BCUT2D eigenvalue weighted by atomic mass is 32.2. The molecule has 0 unspecified atom stereocenters. The molecule has 0 atom stereocenters. The molecule has 0 aliphatic rings. The molecule has 0 heterocycles. The van der Waals surface area contributed by atoms with E-state index in [4.69, 9.17) is 9.47 Å². The molecule has 33 heavy (non-hydrogen) atoms. The normalized spacial score (nSPS) is 10.9. The Kier molecular flexibility index (Phi) is 7.03. The van der Waals surface area contributed by atoms with Crippen LogP contribution in [0.5, 0.6) is 5.75 Å². The number of ether oxygens (including phenoxy) is 2. The van der Waals surface area contributed by atoms with Gasteiger partial charge in [0.1, 0.15) is 5.75 Å². The Morgan fingerprint density at radius 1 is 0.879 bits per heavy atom. The topological polar surface area (TPSA) is 102 Å². The van der Waals surface area contributed by atoms with E-state index in [1.165, 1.54) is 45.5 Å². The van der Waals surface area contributed by atoms with Crippen molar-refractivity contribution in [2.75, 3.05) is 30.9 Å². The van der Waals surface area contributed by atoms with Gasteiger partial charge in [-0.1, -0.05) is 6.07 Å². The molecule has 0 radical (unpaired) electrons. The van der Waals surface area contributed by atoms with Crippen LogP contribution in [0.4, 0.5) is 11.4 Å². The smallest absolute Gasteiger partial charge is 0.337 e. The Hall–Kier alpha value is -3.85. The van der Waals surface area contributed by atoms with E-state index < -0.39 is 21.9 Å². The highest BCUT2D eigenvalue weighted by Gasteiger charge is 2.21. The maximum absolute atomic E-state index is 12.9. The molecule has 0 aromatic heterocycles. The fourth-order valence-electron chi connectivity index (χ4n) is 3.06. The molecule has 0 bridgehead atoms. The summed E-state index contributed by atoms with van der Waals surface area (Å²) in [6, 6.07) is 17.1. The van der Waals surface area contributed by atoms with Gasteiger partial charge in [0.2, 0.25) is 0 Å². The number of esters is 1. The average molecular weight is 469 g/mol. The molecule has 1 amide bonds. The number of carbonyl (C=O) groups is 2. The standard InChI is InChI=1S/C24H24N2O6S/c1-16-5-6-18(24(28)32-4)15-22(16)25-23(27)17-7-9-19(10-8-17)26(2)33(29,30)21-13-11-20(31-3)12-14-21/h5-15H,1-4H3,(H,25,27). The van der Waals surface area contributed by atoms with Crippen molar-refractivity contribution in [3.8, 4) is 5.75 Å². The third-order valence-corrected chi connectivity index (χ3v) is 6.92. The SMILES string of the molecule is COC(=O)c1ccc(C)c(NC(=O)c2ccc(N(C)S(=O)(=O)c3ccc(OC)cc3)cc2)c1. The molecule has 8 nitrogen and oxygen atoms in total. The van der Waals surface area contributed by atoms with Gasteiger partial charge >= 0.3 is 5.97 Å². The van der Waals surface area contributed by atoms with E-state index in [-0.39, 0.29) is 4.90 Å². The van der Waals surface area contributed by atoms with Crippen molar-refractivity contribution < 1.29 is 27.5 Å². The van der Waals surface area contributed by atoms with Gasteiger partial charge in [-0.25, -0.2) is 13.2 Å². The molecule has 3 aromatic carbocycles. The van der Waals surface area contributed by atoms with Crippen LogP contribution in [0.25, 0.3) is 0 Å². The first-order valence-electron chi connectivity index (χ1n) is 9.90. The lowest BCUT2D eigenvalue weighted by Crippen LogP contribution is -2.26. The summed E-state index contributed by atoms with van der Waals surface area (Å²) in [5, 5.41) is 2.77. The number of carbonyl (C=O) groups excluding carboxylic acids is 2. The number of aryl methyl sites for hydroxylation is 1. The maximum atomic E-state index is 12.9. The Balaban J connectivity index is 1.78. The van der Waals surface area contributed by atoms with E-state index >= 15 is 0 Å². The number of anilines is 2. The minimum absolute atomic E-state index is 0.119. The van der Waals surface area contributed by atoms with E-state index in [0.717, 1.165) is 9.87 Å². The maximum Gasteiger partial charge on any atom is 0.337 e. The van der Waals surface area contributed by atoms with E-state index in [2.05, 4.69) is 5.32 Å². The Morgan fingerprint density at radius 3 is 2.06 bits per heavy atom. The van der Waals surface area contributed by atoms with Crippen LogP contribution in [0.2, 0.25) is 0 Å². The molecule has 3 rings (SSSR count). The van der Waals surface area contributed by atoms with Gasteiger partial charge in [-0.05, 0) is 73.2 Å². The Labute approximate surface area is 192 Å². The quantitative estimate of drug-likeness (QED) is 0.528. The van der Waals surface area contributed by atoms with Crippen molar-refractivity contribution in [3.05, 3.63) is 83.4 Å². The highest BCUT2D eigenvalue weighted by molar-refractivity contribution is 7.92. The third kappa shape index (κ3) is 5.15. The summed E-state index contributed by atoms with van der Waals surface area (Å²) in [6.07, 6.45) is 0. The number of hydrogen-bond donors (Lipinski definition) is 1. The highest BCUT2D eigenvalue weighted by Crippen LogP contribution is 2.25. The van der Waals surface area contributed by atoms with Gasteiger partial charge in [0, 0.05) is 18.3 Å². The van der Waals surface area contributed by atoms with Crippen molar-refractivity contribution in [2.24, 2.45) is 0 Å². The average Bonchev–Trinajstić information content (AvgIpc) is 2.84. The summed E-state index contributed by atoms with van der Waals surface area (Å²) in [4.78, 5) is 24.6. The van der Waals surface area contributed by atoms with Crippen molar-refractivity contribution in [1.29, 1.82) is 0 Å². The van der Waals surface area contributed by atoms with Gasteiger partial charge in [-0.15, -0.1) is 0 Å². The van der Waals surface area contributed by atoms with Crippen molar-refractivity contribution >= 4 is 33.3 Å². The van der Waals surface area contributed by atoms with E-state index in [0.29, 0.717) is 28.3 Å². The molecule has 172 valence electrons. The minimum atomic E-state index is -3.79. The number of rotatable bonds is 7. The molecule has 0 saturated carbocycles. The molecular formula is C24H24N2O6S. The molecular weight excluding hydrogens is 444 g/mol. The molecule has 0 aliphatic carbocycles. The summed E-state index contributed by atoms with van der Waals surface area (Å²) in [5.41, 5.74) is 2.30. The number of hydrogen-bond acceptors (Lipinski definition) is 6. The summed E-state index contributed by atoms with van der Waals surface area (Å²) in [5.74, 6) is -0.345. The van der Waals surface area contributed by atoms with Gasteiger partial charge in [0.05, 0.1) is 30.4 Å². The Bertz CT molecular complexity index is 1270. The van der Waals surface area contributed by atoms with Crippen LogP contribution in [0.15, 0.2) is 71.6 Å². The second-order valence-corrected chi connectivity index (χ2v) is 9.14. The van der Waals surface area contributed by atoms with Gasteiger partial charge in [0.15, 0.2) is 0 Å². The third-order valence-electron chi connectivity index (χ3n) is 5.12. The van der Waals surface area contributed by atoms with Gasteiger partial charge in [-0.3, -0.25) is 9.10 Å².